The average molecular weight is 146 g/mol. The lowest BCUT2D eigenvalue weighted by atomic mass is 10.4. The summed E-state index contributed by atoms with van der Waals surface area (Å²) < 4.78 is 0. The van der Waals surface area contributed by atoms with E-state index in [-0.39, 0.29) is 0 Å². The van der Waals surface area contributed by atoms with Gasteiger partial charge < -0.3 is 0 Å². The summed E-state index contributed by atoms with van der Waals surface area (Å²) in [6.45, 7) is 8.81. The van der Waals surface area contributed by atoms with Crippen molar-refractivity contribution in [2.24, 2.45) is 9.98 Å². The van der Waals surface area contributed by atoms with E-state index in [2.05, 4.69) is 29.1 Å². The molecule has 0 aliphatic rings. The van der Waals surface area contributed by atoms with Gasteiger partial charge in [-0.2, -0.15) is 0 Å². The lowest BCUT2D eigenvalue weighted by molar-refractivity contribution is 1.47. The normalized spacial score (nSPS) is 11.1. The molecule has 2 heteroatoms. The Hall–Kier alpha value is -1.62. The molecular formula is C9H10N2. The van der Waals surface area contributed by atoms with Crippen molar-refractivity contribution in [3.8, 4) is 12.3 Å². The summed E-state index contributed by atoms with van der Waals surface area (Å²) in [7, 11) is 0. The third-order valence-electron chi connectivity index (χ3n) is 0.937. The molecular weight excluding hydrogens is 136 g/mol. The van der Waals surface area contributed by atoms with Crippen LogP contribution in [0.2, 0.25) is 0 Å². The first-order valence-corrected chi connectivity index (χ1v) is 3.05. The van der Waals surface area contributed by atoms with Crippen molar-refractivity contribution in [2.45, 2.75) is 6.92 Å². The molecule has 0 unspecified atom stereocenters. The van der Waals surface area contributed by atoms with Gasteiger partial charge in [-0.15, -0.1) is 6.42 Å². The van der Waals surface area contributed by atoms with E-state index in [0.717, 1.165) is 5.71 Å². The summed E-state index contributed by atoms with van der Waals surface area (Å²) in [4.78, 5) is 7.62. The smallest absolute Gasteiger partial charge is 0.117 e. The maximum atomic E-state index is 4.99. The monoisotopic (exact) mass is 146 g/mol. The molecule has 0 bridgehead atoms. The second-order valence-corrected chi connectivity index (χ2v) is 1.81. The highest BCUT2D eigenvalue weighted by molar-refractivity contribution is 5.96. The number of nitrogens with zero attached hydrogens (tertiary/aromatic N) is 2. The molecule has 0 N–H and O–H groups in total. The summed E-state index contributed by atoms with van der Waals surface area (Å²) in [5.74, 6) is 2.27. The number of hydrogen-bond acceptors (Lipinski definition) is 1. The van der Waals surface area contributed by atoms with Crippen molar-refractivity contribution >= 4 is 12.1 Å². The number of rotatable bonds is 3. The van der Waals surface area contributed by atoms with Crippen LogP contribution >= 0.6 is 0 Å². The minimum absolute atomic E-state index is 0.366. The molecule has 0 spiro atoms. The maximum absolute atomic E-state index is 4.99. The van der Waals surface area contributed by atoms with E-state index < -0.39 is 0 Å². The minimum Gasteiger partial charge on any atom is -0.242 e. The van der Waals surface area contributed by atoms with E-state index in [1.165, 1.54) is 6.34 Å². The summed E-state index contributed by atoms with van der Waals surface area (Å²) in [6.07, 6.45) is 7.98. The molecule has 0 radical (unpaired) electrons. The Kier molecular flexibility index (Phi) is 4.42. The van der Waals surface area contributed by atoms with Crippen molar-refractivity contribution in [3.05, 3.63) is 24.9 Å². The van der Waals surface area contributed by atoms with Gasteiger partial charge in [-0.3, -0.25) is 0 Å². The second kappa shape index (κ2) is 5.19. The molecule has 0 heterocycles. The van der Waals surface area contributed by atoms with Gasteiger partial charge in [0.25, 0.3) is 0 Å². The van der Waals surface area contributed by atoms with Crippen molar-refractivity contribution in [2.75, 3.05) is 0 Å². The van der Waals surface area contributed by atoms with E-state index in [9.17, 15) is 0 Å². The molecule has 2 nitrogen and oxygen atoms in total. The molecule has 56 valence electrons. The van der Waals surface area contributed by atoms with Crippen molar-refractivity contribution < 1.29 is 0 Å². The number of terminal acetylenes is 1. The van der Waals surface area contributed by atoms with Gasteiger partial charge in [0.15, 0.2) is 0 Å². The Morgan fingerprint density at radius 1 is 1.64 bits per heavy atom. The maximum Gasteiger partial charge on any atom is 0.117 e. The molecule has 0 aromatic rings. The summed E-state index contributed by atoms with van der Waals surface area (Å²) in [5.41, 5.74) is 1.16. The largest absolute Gasteiger partial charge is 0.242 e. The second-order valence-electron chi connectivity index (χ2n) is 1.81. The number of hydrogen-bond donors (Lipinski definition) is 0. The topological polar surface area (TPSA) is 24.7 Å². The van der Waals surface area contributed by atoms with Crippen LogP contribution in [0.3, 0.4) is 0 Å². The summed E-state index contributed by atoms with van der Waals surface area (Å²) in [5, 5.41) is 0. The highest BCUT2D eigenvalue weighted by Gasteiger charge is 1.77. The summed E-state index contributed by atoms with van der Waals surface area (Å²) in [6, 6.07) is 0. The predicted octanol–water partition coefficient (Wildman–Crippen LogP) is 1.81. The quantitative estimate of drug-likeness (QED) is 0.329. The van der Waals surface area contributed by atoms with Crippen LogP contribution in [0.15, 0.2) is 34.9 Å². The van der Waals surface area contributed by atoms with Crippen LogP contribution in [0.1, 0.15) is 6.92 Å². The fourth-order valence-electron chi connectivity index (χ4n) is 0.280. The Morgan fingerprint density at radius 2 is 2.27 bits per heavy atom. The van der Waals surface area contributed by atoms with E-state index >= 15 is 0 Å². The molecule has 0 fully saturated rings. The summed E-state index contributed by atoms with van der Waals surface area (Å²) >= 11 is 0. The lowest BCUT2D eigenvalue weighted by Crippen LogP contribution is -1.82. The van der Waals surface area contributed by atoms with Crippen LogP contribution in [0.5, 0.6) is 0 Å². The Labute approximate surface area is 67.1 Å². The van der Waals surface area contributed by atoms with Gasteiger partial charge in [0, 0.05) is 5.71 Å². The standard InChI is InChI=1S/C9H10N2/c1-5-8(3)10-7-11-9(4)6-2/h1,6-7H,2-3H2,4H3/b10-7-,11-9-. The highest BCUT2D eigenvalue weighted by atomic mass is 14.9. The van der Waals surface area contributed by atoms with Crippen molar-refractivity contribution in [1.82, 2.24) is 0 Å². The molecule has 0 aromatic carbocycles. The van der Waals surface area contributed by atoms with Gasteiger partial charge in [-0.25, -0.2) is 9.98 Å². The zero-order valence-electron chi connectivity index (χ0n) is 6.54. The van der Waals surface area contributed by atoms with Crippen LogP contribution < -0.4 is 0 Å². The van der Waals surface area contributed by atoms with Gasteiger partial charge in [0.05, 0.1) is 0 Å². The molecule has 0 atom stereocenters. The molecule has 0 aromatic heterocycles. The number of aliphatic imine (C=N–C) groups is 2. The molecule has 0 amide bonds. The van der Waals surface area contributed by atoms with Crippen LogP contribution in [0.25, 0.3) is 0 Å². The highest BCUT2D eigenvalue weighted by Crippen LogP contribution is 1.86. The predicted molar refractivity (Wildman–Crippen MR) is 49.8 cm³/mol. The number of allylic oxidation sites excluding steroid dienone is 2. The molecule has 0 aliphatic carbocycles. The van der Waals surface area contributed by atoms with E-state index in [0.29, 0.717) is 5.70 Å². The van der Waals surface area contributed by atoms with Gasteiger partial charge in [0.1, 0.15) is 12.0 Å². The van der Waals surface area contributed by atoms with E-state index in [1.807, 2.05) is 6.92 Å². The minimum atomic E-state index is 0.366. The van der Waals surface area contributed by atoms with Crippen molar-refractivity contribution in [1.29, 1.82) is 0 Å². The Morgan fingerprint density at radius 3 is 2.73 bits per heavy atom. The lowest BCUT2D eigenvalue weighted by Gasteiger charge is -1.84. The SMILES string of the molecule is C#CC(=C)/N=C\N=C(\C)C=C. The third-order valence-corrected chi connectivity index (χ3v) is 0.937. The van der Waals surface area contributed by atoms with E-state index in [4.69, 9.17) is 6.42 Å². The Bertz CT molecular complexity index is 251. The van der Waals surface area contributed by atoms with Gasteiger partial charge in [0.2, 0.25) is 0 Å². The van der Waals surface area contributed by atoms with E-state index in [1.54, 1.807) is 6.08 Å². The first-order valence-electron chi connectivity index (χ1n) is 3.05. The third kappa shape index (κ3) is 4.86. The van der Waals surface area contributed by atoms with Gasteiger partial charge >= 0.3 is 0 Å². The van der Waals surface area contributed by atoms with Crippen LogP contribution in [0.4, 0.5) is 0 Å². The van der Waals surface area contributed by atoms with Crippen LogP contribution in [-0.2, 0) is 0 Å². The van der Waals surface area contributed by atoms with Gasteiger partial charge in [-0.05, 0) is 13.0 Å². The average Bonchev–Trinajstić information content (AvgIpc) is 2.04. The molecule has 0 saturated carbocycles. The molecule has 0 aliphatic heterocycles. The zero-order chi connectivity index (χ0) is 8.69. The molecule has 11 heavy (non-hydrogen) atoms. The first kappa shape index (κ1) is 9.38. The molecule has 0 saturated heterocycles. The first-order chi connectivity index (χ1) is 5.20. The van der Waals surface area contributed by atoms with Crippen LogP contribution in [-0.4, -0.2) is 12.1 Å². The van der Waals surface area contributed by atoms with Crippen molar-refractivity contribution in [3.63, 3.8) is 0 Å². The molecule has 0 rings (SSSR count). The van der Waals surface area contributed by atoms with Crippen LogP contribution in [0, 0.1) is 12.3 Å². The fraction of sp³-hybridized carbons (Fsp3) is 0.111. The Balaban J connectivity index is 4.08. The fourth-order valence-corrected chi connectivity index (χ4v) is 0.280. The van der Waals surface area contributed by atoms with Gasteiger partial charge in [-0.1, -0.05) is 19.1 Å². The zero-order valence-corrected chi connectivity index (χ0v) is 6.54.